The molecule has 1 unspecified atom stereocenters. The zero-order valence-electron chi connectivity index (χ0n) is 9.38. The van der Waals surface area contributed by atoms with E-state index in [-0.39, 0.29) is 12.5 Å². The lowest BCUT2D eigenvalue weighted by molar-refractivity contribution is -0.120. The summed E-state index contributed by atoms with van der Waals surface area (Å²) in [6, 6.07) is 6.13. The number of carbonyl (C=O) groups excluding carboxylic acids is 1. The van der Waals surface area contributed by atoms with Gasteiger partial charge in [0, 0.05) is 12.7 Å². The van der Waals surface area contributed by atoms with Gasteiger partial charge in [-0.3, -0.25) is 4.79 Å². The molecule has 0 saturated carbocycles. The Bertz CT molecular complexity index is 351. The van der Waals surface area contributed by atoms with E-state index in [4.69, 9.17) is 15.6 Å². The summed E-state index contributed by atoms with van der Waals surface area (Å²) in [5, 5.41) is 8.79. The molecule has 0 heterocycles. The maximum absolute atomic E-state index is 11.6. The van der Waals surface area contributed by atoms with Crippen molar-refractivity contribution >= 4 is 11.6 Å². The van der Waals surface area contributed by atoms with Gasteiger partial charge in [-0.25, -0.2) is 0 Å². The van der Waals surface area contributed by atoms with Crippen LogP contribution in [0.3, 0.4) is 0 Å². The summed E-state index contributed by atoms with van der Waals surface area (Å²) in [7, 11) is 3.19. The summed E-state index contributed by atoms with van der Waals surface area (Å²) in [6.07, 6.45) is 0. The quantitative estimate of drug-likeness (QED) is 0.753. The minimum atomic E-state index is -0.882. The van der Waals surface area contributed by atoms with Gasteiger partial charge in [0.15, 0.2) is 0 Å². The van der Waals surface area contributed by atoms with Crippen molar-refractivity contribution in [1.82, 2.24) is 0 Å². The van der Waals surface area contributed by atoms with Gasteiger partial charge in [-0.15, -0.1) is 0 Å². The van der Waals surface area contributed by atoms with E-state index in [1.165, 1.54) is 4.90 Å². The Morgan fingerprint density at radius 1 is 1.50 bits per heavy atom. The van der Waals surface area contributed by atoms with E-state index < -0.39 is 6.04 Å². The van der Waals surface area contributed by atoms with Gasteiger partial charge >= 0.3 is 0 Å². The molecule has 0 bridgehead atoms. The average molecular weight is 224 g/mol. The highest BCUT2D eigenvalue weighted by Crippen LogP contribution is 2.18. The van der Waals surface area contributed by atoms with Crippen molar-refractivity contribution in [2.24, 2.45) is 5.73 Å². The van der Waals surface area contributed by atoms with Crippen LogP contribution >= 0.6 is 0 Å². The molecule has 1 aromatic carbocycles. The Morgan fingerprint density at radius 2 is 2.06 bits per heavy atom. The summed E-state index contributed by atoms with van der Waals surface area (Å²) in [4.78, 5) is 13.0. The van der Waals surface area contributed by atoms with Crippen molar-refractivity contribution in [1.29, 1.82) is 0 Å². The summed E-state index contributed by atoms with van der Waals surface area (Å²) < 4.78 is 5.01. The number of benzene rings is 1. The van der Waals surface area contributed by atoms with Crippen LogP contribution in [0.25, 0.3) is 0 Å². The molecule has 0 aliphatic carbocycles. The Kier molecular flexibility index (Phi) is 4.28. The molecule has 0 fully saturated rings. The number of anilines is 1. The van der Waals surface area contributed by atoms with E-state index in [9.17, 15) is 4.79 Å². The highest BCUT2D eigenvalue weighted by atomic mass is 16.5. The molecule has 0 saturated heterocycles. The standard InChI is InChI=1S/C11H16N2O3/c1-13(11(15)10(12)7-14)8-3-5-9(16-2)6-4-8/h3-6,10,14H,7,12H2,1-2H3. The number of rotatable bonds is 4. The Hall–Kier alpha value is -1.59. The second-order valence-electron chi connectivity index (χ2n) is 3.38. The fourth-order valence-corrected chi connectivity index (χ4v) is 1.26. The summed E-state index contributed by atoms with van der Waals surface area (Å²) in [5.41, 5.74) is 6.15. The number of ether oxygens (including phenoxy) is 1. The number of nitrogens with zero attached hydrogens (tertiary/aromatic N) is 1. The molecule has 0 spiro atoms. The fourth-order valence-electron chi connectivity index (χ4n) is 1.26. The second-order valence-corrected chi connectivity index (χ2v) is 3.38. The SMILES string of the molecule is COc1ccc(N(C)C(=O)C(N)CO)cc1. The zero-order chi connectivity index (χ0) is 12.1. The number of hydrogen-bond donors (Lipinski definition) is 2. The summed E-state index contributed by atoms with van der Waals surface area (Å²) >= 11 is 0. The van der Waals surface area contributed by atoms with Crippen LogP contribution < -0.4 is 15.4 Å². The Morgan fingerprint density at radius 3 is 2.50 bits per heavy atom. The lowest BCUT2D eigenvalue weighted by atomic mass is 10.2. The molecule has 0 aliphatic rings. The van der Waals surface area contributed by atoms with Gasteiger partial charge in [0.25, 0.3) is 0 Å². The molecule has 1 atom stereocenters. The van der Waals surface area contributed by atoms with Gasteiger partial charge in [-0.1, -0.05) is 0 Å². The van der Waals surface area contributed by atoms with Crippen molar-refractivity contribution in [2.45, 2.75) is 6.04 Å². The van der Waals surface area contributed by atoms with Gasteiger partial charge in [-0.05, 0) is 24.3 Å². The predicted molar refractivity (Wildman–Crippen MR) is 61.5 cm³/mol. The highest BCUT2D eigenvalue weighted by molar-refractivity contribution is 5.96. The Balaban J connectivity index is 2.79. The van der Waals surface area contributed by atoms with Gasteiger partial charge in [0.1, 0.15) is 11.8 Å². The van der Waals surface area contributed by atoms with Crippen LogP contribution in [-0.2, 0) is 4.79 Å². The maximum atomic E-state index is 11.6. The van der Waals surface area contributed by atoms with Gasteiger partial charge in [-0.2, -0.15) is 0 Å². The number of likely N-dealkylation sites (N-methyl/N-ethyl adjacent to an activating group) is 1. The molecular weight excluding hydrogens is 208 g/mol. The van der Waals surface area contributed by atoms with E-state index in [0.29, 0.717) is 5.69 Å². The first-order chi connectivity index (χ1) is 7.60. The van der Waals surface area contributed by atoms with E-state index >= 15 is 0 Å². The number of nitrogens with two attached hydrogens (primary N) is 1. The van der Waals surface area contributed by atoms with Crippen LogP contribution in [0.1, 0.15) is 0 Å². The van der Waals surface area contributed by atoms with Crippen molar-refractivity contribution in [3.8, 4) is 5.75 Å². The molecular formula is C11H16N2O3. The monoisotopic (exact) mass is 224 g/mol. The third-order valence-electron chi connectivity index (χ3n) is 2.30. The van der Waals surface area contributed by atoms with Gasteiger partial charge in [0.2, 0.25) is 5.91 Å². The third-order valence-corrected chi connectivity index (χ3v) is 2.30. The van der Waals surface area contributed by atoms with Crippen molar-refractivity contribution < 1.29 is 14.6 Å². The fraction of sp³-hybridized carbons (Fsp3) is 0.364. The smallest absolute Gasteiger partial charge is 0.246 e. The van der Waals surface area contributed by atoms with E-state index in [2.05, 4.69) is 0 Å². The summed E-state index contributed by atoms with van der Waals surface area (Å²) in [5.74, 6) is 0.392. The first kappa shape index (κ1) is 12.5. The van der Waals surface area contributed by atoms with E-state index in [1.807, 2.05) is 0 Å². The Labute approximate surface area is 94.4 Å². The molecule has 16 heavy (non-hydrogen) atoms. The second kappa shape index (κ2) is 5.48. The molecule has 3 N–H and O–H groups in total. The lowest BCUT2D eigenvalue weighted by Crippen LogP contribution is -2.44. The van der Waals surface area contributed by atoms with Gasteiger partial charge in [0.05, 0.1) is 13.7 Å². The zero-order valence-corrected chi connectivity index (χ0v) is 9.38. The number of carbonyl (C=O) groups is 1. The molecule has 88 valence electrons. The summed E-state index contributed by atoms with van der Waals surface area (Å²) in [6.45, 7) is -0.362. The minimum absolute atomic E-state index is 0.326. The first-order valence-electron chi connectivity index (χ1n) is 4.88. The average Bonchev–Trinajstić information content (AvgIpc) is 2.36. The van der Waals surface area contributed by atoms with Crippen LogP contribution in [0.15, 0.2) is 24.3 Å². The van der Waals surface area contributed by atoms with Crippen LogP contribution in [0.4, 0.5) is 5.69 Å². The number of hydrogen-bond acceptors (Lipinski definition) is 4. The molecule has 0 aliphatic heterocycles. The van der Waals surface area contributed by atoms with Gasteiger partial charge < -0.3 is 20.5 Å². The lowest BCUT2D eigenvalue weighted by Gasteiger charge is -2.20. The first-order valence-corrected chi connectivity index (χ1v) is 4.88. The number of amides is 1. The molecule has 5 nitrogen and oxygen atoms in total. The van der Waals surface area contributed by atoms with E-state index in [1.54, 1.807) is 38.4 Å². The van der Waals surface area contributed by atoms with Crippen LogP contribution in [0.5, 0.6) is 5.75 Å². The third kappa shape index (κ3) is 2.71. The van der Waals surface area contributed by atoms with E-state index in [0.717, 1.165) is 5.75 Å². The van der Waals surface area contributed by atoms with Crippen LogP contribution in [0.2, 0.25) is 0 Å². The number of methoxy groups -OCH3 is 1. The number of aliphatic hydroxyl groups is 1. The molecule has 1 aromatic rings. The topological polar surface area (TPSA) is 75.8 Å². The highest BCUT2D eigenvalue weighted by Gasteiger charge is 2.18. The molecule has 1 rings (SSSR count). The molecule has 0 aromatic heterocycles. The van der Waals surface area contributed by atoms with Crippen molar-refractivity contribution in [3.63, 3.8) is 0 Å². The molecule has 1 amide bonds. The molecule has 5 heteroatoms. The van der Waals surface area contributed by atoms with Crippen molar-refractivity contribution in [2.75, 3.05) is 25.7 Å². The van der Waals surface area contributed by atoms with Crippen LogP contribution in [-0.4, -0.2) is 37.8 Å². The predicted octanol–water partition coefficient (Wildman–Crippen LogP) is -0.0224. The minimum Gasteiger partial charge on any atom is -0.497 e. The largest absolute Gasteiger partial charge is 0.497 e. The molecule has 0 radical (unpaired) electrons. The van der Waals surface area contributed by atoms with Crippen molar-refractivity contribution in [3.05, 3.63) is 24.3 Å². The normalized spacial score (nSPS) is 12.0. The number of aliphatic hydroxyl groups excluding tert-OH is 1. The maximum Gasteiger partial charge on any atom is 0.246 e. The van der Waals surface area contributed by atoms with Crippen LogP contribution in [0, 0.1) is 0 Å².